The van der Waals surface area contributed by atoms with Gasteiger partial charge in [0.2, 0.25) is 0 Å². The van der Waals surface area contributed by atoms with Crippen LogP contribution in [-0.2, 0) is 28.5 Å². The molecule has 3 heterocycles. The molecule has 0 radical (unpaired) electrons. The summed E-state index contributed by atoms with van der Waals surface area (Å²) in [5.41, 5.74) is -2.45. The average molecular weight is 1090 g/mol. The van der Waals surface area contributed by atoms with Crippen LogP contribution in [0.1, 0.15) is 140 Å². The summed E-state index contributed by atoms with van der Waals surface area (Å²) < 4.78 is 32.9. The zero-order valence-electron chi connectivity index (χ0n) is 50.1. The van der Waals surface area contributed by atoms with Crippen molar-refractivity contribution in [2.45, 2.75) is 212 Å². The second-order valence-corrected chi connectivity index (χ2v) is 29.3. The van der Waals surface area contributed by atoms with Gasteiger partial charge >= 0.3 is 263 Å². The summed E-state index contributed by atoms with van der Waals surface area (Å²) in [5.74, 6) is -2.17. The Morgan fingerprint density at radius 3 is 1.90 bits per heavy atom. The average Bonchev–Trinajstić information content (AvgIpc) is 3.39. The van der Waals surface area contributed by atoms with Crippen molar-refractivity contribution in [2.24, 2.45) is 23.7 Å². The van der Waals surface area contributed by atoms with E-state index >= 15 is 0 Å². The van der Waals surface area contributed by atoms with E-state index in [1.165, 1.54) is 21.6 Å². The van der Waals surface area contributed by atoms with Crippen molar-refractivity contribution in [3.63, 3.8) is 0 Å². The molecule has 16 atom stereocenters. The number of unbranched alkanes of at least 4 members (excludes halogenated alkanes) is 4. The molecule has 0 spiro atoms. The van der Waals surface area contributed by atoms with Crippen LogP contribution in [0.4, 0.5) is 5.69 Å². The van der Waals surface area contributed by atoms with E-state index in [0.717, 1.165) is 51.2 Å². The van der Waals surface area contributed by atoms with Gasteiger partial charge in [0.25, 0.3) is 0 Å². The Hall–Kier alpha value is -3.00. The van der Waals surface area contributed by atoms with Crippen molar-refractivity contribution in [2.75, 3.05) is 59.5 Å². The number of methoxy groups -OCH3 is 1. The molecule has 3 aromatic carbocycles. The van der Waals surface area contributed by atoms with Gasteiger partial charge in [-0.15, -0.1) is 0 Å². The molecule has 13 heteroatoms. The van der Waals surface area contributed by atoms with Gasteiger partial charge in [0.1, 0.15) is 6.10 Å². The molecule has 0 amide bonds. The Balaban J connectivity index is 1.25. The summed E-state index contributed by atoms with van der Waals surface area (Å²) in [6.45, 7) is 21.4. The van der Waals surface area contributed by atoms with Gasteiger partial charge in [-0.2, -0.15) is 0 Å². The van der Waals surface area contributed by atoms with Crippen molar-refractivity contribution in [1.82, 2.24) is 9.80 Å². The number of hydrogen-bond acceptors (Lipinski definition) is 12. The van der Waals surface area contributed by atoms with Crippen molar-refractivity contribution >= 4 is 34.8 Å². The van der Waals surface area contributed by atoms with Crippen LogP contribution in [0.2, 0.25) is 0 Å². The zero-order valence-corrected chi connectivity index (χ0v) is 51.1. The molecule has 3 saturated heterocycles. The molecule has 0 bridgehead atoms. The van der Waals surface area contributed by atoms with E-state index in [4.69, 9.17) is 23.7 Å². The SMILES string of the molecule is CC[C@H]1OC(=O)[C@H](C)C([C@H]2C[C@@](C)(OC)[C@@H](O)[C@H](C)O2)[C@H](C)[C@@H](O[C@H]2C[C@@H](N(C)C)C[C@@H](C)O2)[C@](C)(O)C[C@@H](C)CN(CCCCCCC[PH](c2ccccc2)(c2ccccc2)c2ccc(N(C)C)cc2)[C@H](C)C[C@]1(C)O. The molecule has 0 saturated carbocycles. The Morgan fingerprint density at radius 2 is 1.32 bits per heavy atom. The molecule has 1 unspecified atom stereocenters. The number of esters is 1. The number of ether oxygens (including phenoxy) is 5. The van der Waals surface area contributed by atoms with Crippen LogP contribution in [0.3, 0.4) is 0 Å². The van der Waals surface area contributed by atoms with Crippen LogP contribution in [0.5, 0.6) is 0 Å². The number of aliphatic hydroxyl groups excluding tert-OH is 1. The van der Waals surface area contributed by atoms with Crippen molar-refractivity contribution < 1.29 is 43.8 Å². The Bertz CT molecular complexity index is 2190. The number of nitrogens with zero attached hydrogens (tertiary/aromatic N) is 3. The van der Waals surface area contributed by atoms with Gasteiger partial charge in [-0.05, 0) is 60.5 Å². The summed E-state index contributed by atoms with van der Waals surface area (Å²) in [6.07, 6.45) is 5.37. The number of cyclic esters (lactones) is 1. The van der Waals surface area contributed by atoms with Gasteiger partial charge < -0.3 is 38.8 Å². The van der Waals surface area contributed by atoms with Gasteiger partial charge in [0.05, 0.1) is 35.9 Å². The molecule has 6 rings (SSSR count). The fraction of sp³-hybridized carbons (Fsp3) is 0.703. The minimum atomic E-state index is -2.37. The molecule has 77 heavy (non-hydrogen) atoms. The first kappa shape index (κ1) is 63.2. The maximum atomic E-state index is 14.8. The molecule has 3 fully saturated rings. The molecule has 0 aromatic heterocycles. The predicted molar refractivity (Wildman–Crippen MR) is 318 cm³/mol. The first-order chi connectivity index (χ1) is 36.4. The maximum absolute atomic E-state index is 14.8. The number of anilines is 1. The molecular formula is C64H104N3O9P. The molecule has 3 N–H and O–H groups in total. The number of aliphatic hydroxyl groups is 3. The first-order valence-electron chi connectivity index (χ1n) is 29.5. The van der Waals surface area contributed by atoms with Crippen LogP contribution >= 0.6 is 7.26 Å². The predicted octanol–water partition coefficient (Wildman–Crippen LogP) is 9.35. The number of carbonyl (C=O) groups excluding carboxylic acids is 1. The zero-order chi connectivity index (χ0) is 56.5. The second kappa shape index (κ2) is 27.6. The van der Waals surface area contributed by atoms with Gasteiger partial charge in [-0.3, -0.25) is 4.79 Å². The van der Waals surface area contributed by atoms with E-state index in [2.05, 4.69) is 156 Å². The molecule has 434 valence electrons. The quantitative estimate of drug-likeness (QED) is 0.0637. The molecule has 12 nitrogen and oxygen atoms in total. The van der Waals surface area contributed by atoms with Crippen molar-refractivity contribution in [3.05, 3.63) is 84.9 Å². The number of rotatable bonds is 18. The summed E-state index contributed by atoms with van der Waals surface area (Å²) in [6, 6.07) is 31.9. The monoisotopic (exact) mass is 1090 g/mol. The third kappa shape index (κ3) is 15.5. The summed E-state index contributed by atoms with van der Waals surface area (Å²) in [4.78, 5) is 21.7. The molecule has 0 aliphatic carbocycles. The van der Waals surface area contributed by atoms with Gasteiger partial charge in [0, 0.05) is 31.9 Å². The number of hydrogen-bond donors (Lipinski definition) is 3. The van der Waals surface area contributed by atoms with Crippen molar-refractivity contribution in [3.8, 4) is 0 Å². The molecular weight excluding hydrogens is 986 g/mol. The Kier molecular flexibility index (Phi) is 22.7. The topological polar surface area (TPSA) is 134 Å². The first-order valence-corrected chi connectivity index (χ1v) is 31.7. The Labute approximate surface area is 466 Å². The van der Waals surface area contributed by atoms with Crippen LogP contribution < -0.4 is 20.8 Å². The van der Waals surface area contributed by atoms with Gasteiger partial charge in [0.15, 0.2) is 6.29 Å². The fourth-order valence-corrected chi connectivity index (χ4v) is 19.0. The standard InChI is InChI=1S/C64H104N3O9P/c1-16-56-62(8,70)41-45(3)67(36-26-18-17-19-27-37-77(52-28-22-20-23-29-52,53-30-24-21-25-31-53)54-34-32-50(33-35-54)65(11)12)43-44(2)40-63(9,71)60(76-57-39-51(66(13)14)38-46(4)73-57)47(5)58(48(6)61(69)75-56)55-42-64(10,72-15)59(68)49(7)74-55/h20-25,28-35,44-49,51,55-60,68,70-71,77H,16-19,26-27,36-43H2,1-15H3/t44-,45-,46-,47+,48-,49+,51+,55-,56-,57+,58?,59+,60-,62+,63-,64-/m1/s1. The van der Waals surface area contributed by atoms with E-state index in [1.54, 1.807) is 7.11 Å². The van der Waals surface area contributed by atoms with E-state index in [-0.39, 0.29) is 24.1 Å². The Morgan fingerprint density at radius 1 is 0.740 bits per heavy atom. The molecule has 3 aliphatic rings. The fourth-order valence-electron chi connectivity index (χ4n) is 14.1. The van der Waals surface area contributed by atoms with Crippen LogP contribution in [-0.4, -0.2) is 157 Å². The third-order valence-corrected chi connectivity index (χ3v) is 23.5. The third-order valence-electron chi connectivity index (χ3n) is 18.5. The molecule has 3 aliphatic heterocycles. The summed E-state index contributed by atoms with van der Waals surface area (Å²) in [7, 11) is 7.60. The van der Waals surface area contributed by atoms with Crippen LogP contribution in [0, 0.1) is 23.7 Å². The van der Waals surface area contributed by atoms with E-state index < -0.39 is 84.6 Å². The van der Waals surface area contributed by atoms with Crippen LogP contribution in [0.15, 0.2) is 84.9 Å². The number of benzene rings is 3. The van der Waals surface area contributed by atoms with E-state index in [0.29, 0.717) is 38.6 Å². The summed E-state index contributed by atoms with van der Waals surface area (Å²) >= 11 is 0. The second-order valence-electron chi connectivity index (χ2n) is 25.3. The normalized spacial score (nSPS) is 35.7. The van der Waals surface area contributed by atoms with Gasteiger partial charge in [-0.25, -0.2) is 0 Å². The summed E-state index contributed by atoms with van der Waals surface area (Å²) in [5, 5.41) is 41.3. The minimum absolute atomic E-state index is 0.0241. The van der Waals surface area contributed by atoms with E-state index in [9.17, 15) is 20.1 Å². The number of carbonyl (C=O) groups is 1. The van der Waals surface area contributed by atoms with Crippen molar-refractivity contribution in [1.29, 1.82) is 0 Å². The molecule has 3 aromatic rings. The van der Waals surface area contributed by atoms with Crippen LogP contribution in [0.25, 0.3) is 0 Å². The van der Waals surface area contributed by atoms with Gasteiger partial charge in [-0.1, -0.05) is 20.8 Å². The van der Waals surface area contributed by atoms with E-state index in [1.807, 2.05) is 41.5 Å².